The number of hydrogen-bond donors (Lipinski definition) is 1. The summed E-state index contributed by atoms with van der Waals surface area (Å²) in [4.78, 5) is 4.90. The highest BCUT2D eigenvalue weighted by Gasteiger charge is 2.36. The molecule has 0 aromatic heterocycles. The maximum absolute atomic E-state index is 10.7. The second-order valence-corrected chi connectivity index (χ2v) is 6.10. The van der Waals surface area contributed by atoms with Gasteiger partial charge in [-0.05, 0) is 19.9 Å². The second kappa shape index (κ2) is 6.18. The van der Waals surface area contributed by atoms with Crippen LogP contribution >= 0.6 is 0 Å². The van der Waals surface area contributed by atoms with Gasteiger partial charge in [0.2, 0.25) is 0 Å². The molecule has 104 valence electrons. The minimum atomic E-state index is -0.625. The lowest BCUT2D eigenvalue weighted by molar-refractivity contribution is -0.00103. The van der Waals surface area contributed by atoms with Crippen molar-refractivity contribution in [2.45, 2.75) is 37.7 Å². The SMILES string of the molecule is C=CC1(O)CCCCCC1CN1CCN(C)CC1. The van der Waals surface area contributed by atoms with Crippen LogP contribution in [-0.4, -0.2) is 60.3 Å². The highest BCUT2D eigenvalue weighted by molar-refractivity contribution is 5.02. The highest BCUT2D eigenvalue weighted by atomic mass is 16.3. The zero-order valence-electron chi connectivity index (χ0n) is 11.8. The Morgan fingerprint density at radius 1 is 1.22 bits per heavy atom. The fraction of sp³-hybridized carbons (Fsp3) is 0.867. The van der Waals surface area contributed by atoms with Crippen molar-refractivity contribution in [3.8, 4) is 0 Å². The fourth-order valence-electron chi connectivity index (χ4n) is 3.29. The van der Waals surface area contributed by atoms with Gasteiger partial charge >= 0.3 is 0 Å². The lowest BCUT2D eigenvalue weighted by Gasteiger charge is -2.39. The number of piperazine rings is 1. The van der Waals surface area contributed by atoms with Crippen LogP contribution < -0.4 is 0 Å². The summed E-state index contributed by atoms with van der Waals surface area (Å²) in [7, 11) is 2.18. The van der Waals surface area contributed by atoms with Crippen LogP contribution in [0.1, 0.15) is 32.1 Å². The third-order valence-electron chi connectivity index (χ3n) is 4.76. The van der Waals surface area contributed by atoms with E-state index >= 15 is 0 Å². The largest absolute Gasteiger partial charge is 0.385 e. The van der Waals surface area contributed by atoms with Gasteiger partial charge in [0.1, 0.15) is 0 Å². The average molecular weight is 252 g/mol. The summed E-state index contributed by atoms with van der Waals surface area (Å²) in [6.07, 6.45) is 7.51. The number of aliphatic hydroxyl groups is 1. The third kappa shape index (κ3) is 3.34. The predicted molar refractivity (Wildman–Crippen MR) is 75.7 cm³/mol. The fourth-order valence-corrected chi connectivity index (χ4v) is 3.29. The summed E-state index contributed by atoms with van der Waals surface area (Å²) in [6.45, 7) is 9.50. The second-order valence-electron chi connectivity index (χ2n) is 6.10. The van der Waals surface area contributed by atoms with E-state index in [1.54, 1.807) is 6.08 Å². The summed E-state index contributed by atoms with van der Waals surface area (Å²) >= 11 is 0. The number of nitrogens with zero attached hydrogens (tertiary/aromatic N) is 2. The van der Waals surface area contributed by atoms with Crippen LogP contribution in [0.25, 0.3) is 0 Å². The molecular formula is C15H28N2O. The first-order chi connectivity index (χ1) is 8.64. The summed E-state index contributed by atoms with van der Waals surface area (Å²) < 4.78 is 0. The minimum absolute atomic E-state index is 0.376. The van der Waals surface area contributed by atoms with Crippen LogP contribution in [0.3, 0.4) is 0 Å². The molecule has 3 nitrogen and oxygen atoms in total. The van der Waals surface area contributed by atoms with Gasteiger partial charge in [0.05, 0.1) is 5.60 Å². The molecule has 1 aliphatic carbocycles. The standard InChI is InChI=1S/C15H28N2O/c1-3-15(18)8-6-4-5-7-14(15)13-17-11-9-16(2)10-12-17/h3,14,18H,1,4-13H2,2H3. The van der Waals surface area contributed by atoms with Gasteiger partial charge in [-0.3, -0.25) is 0 Å². The van der Waals surface area contributed by atoms with Crippen LogP contribution in [0.2, 0.25) is 0 Å². The topological polar surface area (TPSA) is 26.7 Å². The molecule has 1 N–H and O–H groups in total. The van der Waals surface area contributed by atoms with Crippen LogP contribution in [-0.2, 0) is 0 Å². The van der Waals surface area contributed by atoms with Gasteiger partial charge in [-0.2, -0.15) is 0 Å². The van der Waals surface area contributed by atoms with E-state index < -0.39 is 5.60 Å². The van der Waals surface area contributed by atoms with E-state index in [1.807, 2.05) is 0 Å². The van der Waals surface area contributed by atoms with E-state index in [2.05, 4.69) is 23.4 Å². The summed E-state index contributed by atoms with van der Waals surface area (Å²) in [5.41, 5.74) is -0.625. The van der Waals surface area contributed by atoms with Gasteiger partial charge < -0.3 is 14.9 Å². The van der Waals surface area contributed by atoms with Crippen molar-refractivity contribution in [3.05, 3.63) is 12.7 Å². The molecule has 2 fully saturated rings. The van der Waals surface area contributed by atoms with Gasteiger partial charge in [-0.1, -0.05) is 25.3 Å². The Hall–Kier alpha value is -0.380. The molecule has 0 radical (unpaired) electrons. The molecule has 1 saturated heterocycles. The molecule has 0 amide bonds. The Balaban J connectivity index is 1.94. The summed E-state index contributed by atoms with van der Waals surface area (Å²) in [5, 5.41) is 10.7. The van der Waals surface area contributed by atoms with E-state index in [9.17, 15) is 5.11 Å². The monoisotopic (exact) mass is 252 g/mol. The van der Waals surface area contributed by atoms with Crippen LogP contribution in [0.5, 0.6) is 0 Å². The van der Waals surface area contributed by atoms with E-state index in [-0.39, 0.29) is 0 Å². The molecule has 3 heteroatoms. The van der Waals surface area contributed by atoms with Crippen molar-refractivity contribution >= 4 is 0 Å². The molecule has 2 rings (SSSR count). The maximum atomic E-state index is 10.7. The maximum Gasteiger partial charge on any atom is 0.0865 e. The van der Waals surface area contributed by atoms with Gasteiger partial charge in [-0.15, -0.1) is 6.58 Å². The van der Waals surface area contributed by atoms with Crippen molar-refractivity contribution < 1.29 is 5.11 Å². The molecule has 1 heterocycles. The lowest BCUT2D eigenvalue weighted by Crippen LogP contribution is -2.49. The van der Waals surface area contributed by atoms with Gasteiger partial charge in [0, 0.05) is 38.6 Å². The van der Waals surface area contributed by atoms with E-state index in [0.717, 1.165) is 52.0 Å². The molecule has 2 unspecified atom stereocenters. The van der Waals surface area contributed by atoms with Crippen molar-refractivity contribution in [1.29, 1.82) is 0 Å². The Morgan fingerprint density at radius 2 is 1.94 bits per heavy atom. The minimum Gasteiger partial charge on any atom is -0.385 e. The van der Waals surface area contributed by atoms with E-state index in [1.165, 1.54) is 12.8 Å². The molecule has 0 bridgehead atoms. The first-order valence-corrected chi connectivity index (χ1v) is 7.41. The molecule has 2 aliphatic rings. The molecule has 0 spiro atoms. The zero-order chi connectivity index (χ0) is 13.0. The Kier molecular flexibility index (Phi) is 4.82. The van der Waals surface area contributed by atoms with Crippen molar-refractivity contribution in [2.24, 2.45) is 5.92 Å². The van der Waals surface area contributed by atoms with Crippen molar-refractivity contribution in [2.75, 3.05) is 39.8 Å². The smallest absolute Gasteiger partial charge is 0.0865 e. The number of hydrogen-bond acceptors (Lipinski definition) is 3. The van der Waals surface area contributed by atoms with Crippen LogP contribution in [0.15, 0.2) is 12.7 Å². The van der Waals surface area contributed by atoms with Crippen LogP contribution in [0, 0.1) is 5.92 Å². The molecule has 1 saturated carbocycles. The van der Waals surface area contributed by atoms with Gasteiger partial charge in [-0.25, -0.2) is 0 Å². The highest BCUT2D eigenvalue weighted by Crippen LogP contribution is 2.34. The van der Waals surface area contributed by atoms with Gasteiger partial charge in [0.15, 0.2) is 0 Å². The average Bonchev–Trinajstić information content (AvgIpc) is 2.56. The molecule has 18 heavy (non-hydrogen) atoms. The molecular weight excluding hydrogens is 224 g/mol. The molecule has 1 aliphatic heterocycles. The number of rotatable bonds is 3. The lowest BCUT2D eigenvalue weighted by atomic mass is 9.82. The first-order valence-electron chi connectivity index (χ1n) is 7.41. The van der Waals surface area contributed by atoms with Crippen molar-refractivity contribution in [3.63, 3.8) is 0 Å². The van der Waals surface area contributed by atoms with Crippen molar-refractivity contribution in [1.82, 2.24) is 9.80 Å². The molecule has 0 aromatic carbocycles. The summed E-state index contributed by atoms with van der Waals surface area (Å²) in [6, 6.07) is 0. The van der Waals surface area contributed by atoms with Gasteiger partial charge in [0.25, 0.3) is 0 Å². The number of likely N-dealkylation sites (N-methyl/N-ethyl adjacent to an activating group) is 1. The normalized spacial score (nSPS) is 36.2. The molecule has 2 atom stereocenters. The Bertz CT molecular complexity index is 274. The first kappa shape index (κ1) is 14.0. The quantitative estimate of drug-likeness (QED) is 0.612. The summed E-state index contributed by atoms with van der Waals surface area (Å²) in [5.74, 6) is 0.376. The predicted octanol–water partition coefficient (Wildman–Crippen LogP) is 1.73. The third-order valence-corrected chi connectivity index (χ3v) is 4.76. The molecule has 0 aromatic rings. The van der Waals surface area contributed by atoms with E-state index in [0.29, 0.717) is 5.92 Å². The van der Waals surface area contributed by atoms with E-state index in [4.69, 9.17) is 0 Å². The Morgan fingerprint density at radius 3 is 2.61 bits per heavy atom. The van der Waals surface area contributed by atoms with Crippen LogP contribution in [0.4, 0.5) is 0 Å². The zero-order valence-corrected chi connectivity index (χ0v) is 11.8. The Labute approximate surface area is 111 Å².